The molecule has 1 aromatic heterocycles. The number of rotatable bonds is 5. The molecule has 0 bridgehead atoms. The molecule has 7 nitrogen and oxygen atoms in total. The van der Waals surface area contributed by atoms with Crippen LogP contribution in [0.15, 0.2) is 24.4 Å². The lowest BCUT2D eigenvalue weighted by Gasteiger charge is -2.36. The molecule has 0 unspecified atom stereocenters. The van der Waals surface area contributed by atoms with E-state index in [4.69, 9.17) is 9.72 Å². The van der Waals surface area contributed by atoms with Gasteiger partial charge in [0.2, 0.25) is 5.95 Å². The lowest BCUT2D eigenvalue weighted by Crippen LogP contribution is -2.41. The van der Waals surface area contributed by atoms with E-state index < -0.39 is 0 Å². The Morgan fingerprint density at radius 2 is 1.94 bits per heavy atom. The van der Waals surface area contributed by atoms with Gasteiger partial charge in [0.1, 0.15) is 0 Å². The van der Waals surface area contributed by atoms with Crippen LogP contribution in [0.1, 0.15) is 58.4 Å². The van der Waals surface area contributed by atoms with Crippen molar-refractivity contribution >= 4 is 11.9 Å². The summed E-state index contributed by atoms with van der Waals surface area (Å²) in [6.45, 7) is 5.22. The van der Waals surface area contributed by atoms with E-state index in [1.165, 1.54) is 42.5 Å². The Hall–Kier alpha value is -2.51. The minimum Gasteiger partial charge on any atom is -0.380 e. The maximum atomic E-state index is 13.0. The van der Waals surface area contributed by atoms with Crippen molar-refractivity contribution in [3.63, 3.8) is 0 Å². The third-order valence-corrected chi connectivity index (χ3v) is 8.05. The van der Waals surface area contributed by atoms with E-state index in [1.807, 2.05) is 4.90 Å². The van der Waals surface area contributed by atoms with Crippen LogP contribution in [0, 0.1) is 0 Å². The normalized spacial score (nSPS) is 23.4. The van der Waals surface area contributed by atoms with Crippen LogP contribution in [0.25, 0.3) is 0 Å². The van der Waals surface area contributed by atoms with E-state index in [9.17, 15) is 4.79 Å². The molecule has 1 saturated carbocycles. The van der Waals surface area contributed by atoms with Gasteiger partial charge in [-0.15, -0.1) is 0 Å². The Labute approximate surface area is 195 Å². The molecule has 33 heavy (non-hydrogen) atoms. The topological polar surface area (TPSA) is 61.8 Å². The second-order valence-electron chi connectivity index (χ2n) is 10.0. The first-order valence-corrected chi connectivity index (χ1v) is 12.5. The predicted molar refractivity (Wildman–Crippen MR) is 126 cm³/mol. The Balaban J connectivity index is 1.13. The van der Waals surface area contributed by atoms with E-state index in [2.05, 4.69) is 33.0 Å². The second-order valence-corrected chi connectivity index (χ2v) is 10.0. The molecule has 1 aliphatic carbocycles. The quantitative estimate of drug-likeness (QED) is 0.703. The number of nitrogens with zero attached hydrogens (tertiary/aromatic N) is 5. The highest BCUT2D eigenvalue weighted by atomic mass is 16.5. The summed E-state index contributed by atoms with van der Waals surface area (Å²) in [5.74, 6) is 0.753. The average molecular weight is 448 g/mol. The molecule has 0 radical (unpaired) electrons. The summed E-state index contributed by atoms with van der Waals surface area (Å²) < 4.78 is 5.47. The summed E-state index contributed by atoms with van der Waals surface area (Å²) >= 11 is 0. The molecule has 4 heterocycles. The Morgan fingerprint density at radius 1 is 1.09 bits per heavy atom. The van der Waals surface area contributed by atoms with Gasteiger partial charge in [0.05, 0.1) is 23.9 Å². The summed E-state index contributed by atoms with van der Waals surface area (Å²) in [6, 6.07) is 7.65. The number of ether oxygens (including phenoxy) is 1. The molecule has 2 fully saturated rings. The van der Waals surface area contributed by atoms with Crippen molar-refractivity contribution in [3.05, 3.63) is 52.3 Å². The average Bonchev–Trinajstić information content (AvgIpc) is 3.33. The SMILES string of the molecule is CO[C@@H]1CCN(c2ncc3c(n2)CN(Cc2ccc4c(c2)CCN(C2CCC2)CC4)C3=O)C1. The van der Waals surface area contributed by atoms with Gasteiger partial charge in [-0.25, -0.2) is 9.97 Å². The predicted octanol–water partition coefficient (Wildman–Crippen LogP) is 2.81. The van der Waals surface area contributed by atoms with Gasteiger partial charge in [-0.2, -0.15) is 0 Å². The van der Waals surface area contributed by atoms with Gasteiger partial charge < -0.3 is 14.5 Å². The van der Waals surface area contributed by atoms with E-state index >= 15 is 0 Å². The molecule has 0 N–H and O–H groups in total. The molecule has 1 amide bonds. The number of carbonyl (C=O) groups is 1. The highest BCUT2D eigenvalue weighted by molar-refractivity contribution is 5.97. The number of fused-ring (bicyclic) bond motifs is 2. The van der Waals surface area contributed by atoms with Crippen LogP contribution in [-0.4, -0.2) is 71.1 Å². The molecule has 1 aromatic carbocycles. The van der Waals surface area contributed by atoms with Crippen LogP contribution < -0.4 is 4.90 Å². The highest BCUT2D eigenvalue weighted by Crippen LogP contribution is 2.29. The molecule has 1 atom stereocenters. The molecule has 0 spiro atoms. The Bertz CT molecular complexity index is 1050. The first kappa shape index (κ1) is 21.1. The second kappa shape index (κ2) is 8.69. The highest BCUT2D eigenvalue weighted by Gasteiger charge is 2.32. The summed E-state index contributed by atoms with van der Waals surface area (Å²) in [6.07, 6.45) is 9.31. The number of amides is 1. The fourth-order valence-corrected chi connectivity index (χ4v) is 5.74. The standard InChI is InChI=1S/C26H33N5O2/c1-33-22-9-12-30(16-22)26-27-14-23-24(28-26)17-31(25(23)32)15-18-5-6-19-7-10-29(21-3-2-4-21)11-8-20(19)13-18/h5-6,13-14,21-22H,2-4,7-12,15-17H2,1H3/t22-/m1/s1. The van der Waals surface area contributed by atoms with Gasteiger partial charge in [0.25, 0.3) is 5.91 Å². The third-order valence-electron chi connectivity index (χ3n) is 8.05. The fourth-order valence-electron chi connectivity index (χ4n) is 5.74. The van der Waals surface area contributed by atoms with Crippen LogP contribution in [0.2, 0.25) is 0 Å². The number of benzene rings is 1. The summed E-state index contributed by atoms with van der Waals surface area (Å²) in [7, 11) is 1.75. The van der Waals surface area contributed by atoms with Gasteiger partial charge in [-0.3, -0.25) is 9.69 Å². The van der Waals surface area contributed by atoms with E-state index in [1.54, 1.807) is 13.3 Å². The van der Waals surface area contributed by atoms with Crippen LogP contribution in [-0.2, 0) is 30.7 Å². The van der Waals surface area contributed by atoms with Crippen molar-refractivity contribution in [1.82, 2.24) is 19.8 Å². The number of methoxy groups -OCH3 is 1. The third kappa shape index (κ3) is 4.02. The Kier molecular flexibility index (Phi) is 5.54. The van der Waals surface area contributed by atoms with E-state index in [0.29, 0.717) is 24.6 Å². The van der Waals surface area contributed by atoms with Gasteiger partial charge in [-0.1, -0.05) is 24.6 Å². The zero-order chi connectivity index (χ0) is 22.4. The molecular formula is C26H33N5O2. The fraction of sp³-hybridized carbons (Fsp3) is 0.577. The van der Waals surface area contributed by atoms with Gasteiger partial charge >= 0.3 is 0 Å². The van der Waals surface area contributed by atoms with E-state index in [-0.39, 0.29) is 12.0 Å². The first-order chi connectivity index (χ1) is 16.2. The zero-order valence-corrected chi connectivity index (χ0v) is 19.5. The molecule has 7 heteroatoms. The van der Waals surface area contributed by atoms with Gasteiger partial charge in [-0.05, 0) is 48.8 Å². The minimum absolute atomic E-state index is 0.0406. The van der Waals surface area contributed by atoms with E-state index in [0.717, 1.165) is 50.6 Å². The maximum absolute atomic E-state index is 13.0. The van der Waals surface area contributed by atoms with Crippen molar-refractivity contribution in [3.8, 4) is 0 Å². The lowest BCUT2D eigenvalue weighted by atomic mass is 9.91. The molecule has 6 rings (SSSR count). The van der Waals surface area contributed by atoms with Gasteiger partial charge in [0.15, 0.2) is 0 Å². The molecule has 174 valence electrons. The van der Waals surface area contributed by atoms with Crippen LogP contribution in [0.3, 0.4) is 0 Å². The molecule has 2 aromatic rings. The van der Waals surface area contributed by atoms with Crippen molar-refractivity contribution < 1.29 is 9.53 Å². The maximum Gasteiger partial charge on any atom is 0.258 e. The summed E-state index contributed by atoms with van der Waals surface area (Å²) in [5, 5.41) is 0. The van der Waals surface area contributed by atoms with Gasteiger partial charge in [0, 0.05) is 52.1 Å². The zero-order valence-electron chi connectivity index (χ0n) is 19.5. The molecule has 3 aliphatic heterocycles. The van der Waals surface area contributed by atoms with Crippen molar-refractivity contribution in [2.24, 2.45) is 0 Å². The Morgan fingerprint density at radius 3 is 2.70 bits per heavy atom. The first-order valence-electron chi connectivity index (χ1n) is 12.5. The molecular weight excluding hydrogens is 414 g/mol. The number of hydrogen-bond acceptors (Lipinski definition) is 6. The number of anilines is 1. The largest absolute Gasteiger partial charge is 0.380 e. The van der Waals surface area contributed by atoms with Crippen molar-refractivity contribution in [1.29, 1.82) is 0 Å². The molecule has 1 saturated heterocycles. The monoisotopic (exact) mass is 447 g/mol. The van der Waals surface area contributed by atoms with Crippen LogP contribution >= 0.6 is 0 Å². The number of aromatic nitrogens is 2. The minimum atomic E-state index is 0.0406. The summed E-state index contributed by atoms with van der Waals surface area (Å²) in [4.78, 5) is 29.0. The lowest BCUT2D eigenvalue weighted by molar-refractivity contribution is 0.0766. The number of carbonyl (C=O) groups excluding carboxylic acids is 1. The molecule has 4 aliphatic rings. The van der Waals surface area contributed by atoms with Crippen LogP contribution in [0.5, 0.6) is 0 Å². The van der Waals surface area contributed by atoms with Crippen molar-refractivity contribution in [2.75, 3.05) is 38.2 Å². The van der Waals surface area contributed by atoms with Crippen molar-refractivity contribution in [2.45, 2.75) is 63.8 Å². The number of hydrogen-bond donors (Lipinski definition) is 0. The summed E-state index contributed by atoms with van der Waals surface area (Å²) in [5.41, 5.74) is 5.64. The van der Waals surface area contributed by atoms with Crippen LogP contribution in [0.4, 0.5) is 5.95 Å². The smallest absolute Gasteiger partial charge is 0.258 e.